The fraction of sp³-hybridized carbons (Fsp3) is 0.533. The molecule has 0 aliphatic rings. The summed E-state index contributed by atoms with van der Waals surface area (Å²) in [6.07, 6.45) is 0.179. The molecule has 0 spiro atoms. The minimum absolute atomic E-state index is 0.0626. The van der Waals surface area contributed by atoms with Gasteiger partial charge in [-0.25, -0.2) is 0 Å². The zero-order valence-electron chi connectivity index (χ0n) is 11.9. The average Bonchev–Trinajstić information content (AvgIpc) is 2.21. The first-order valence-electron chi connectivity index (χ1n) is 6.33. The lowest BCUT2D eigenvalue weighted by Crippen LogP contribution is -2.26. The summed E-state index contributed by atoms with van der Waals surface area (Å²) >= 11 is 0. The Kier molecular flexibility index (Phi) is 4.91. The number of carboxylic acid groups (broad SMARTS) is 1. The summed E-state index contributed by atoms with van der Waals surface area (Å²) in [5.41, 5.74) is 4.93. The van der Waals surface area contributed by atoms with Crippen LogP contribution in [0.1, 0.15) is 41.6 Å². The molecule has 3 heteroatoms. The highest BCUT2D eigenvalue weighted by molar-refractivity contribution is 5.67. The van der Waals surface area contributed by atoms with E-state index in [4.69, 9.17) is 5.11 Å². The third-order valence-electron chi connectivity index (χ3n) is 3.43. The molecule has 18 heavy (non-hydrogen) atoms. The molecule has 100 valence electrons. The van der Waals surface area contributed by atoms with Crippen molar-refractivity contribution in [3.8, 4) is 0 Å². The SMILES string of the molecule is CNC(c1c(C)cc(C)cc1C)C(C)CC(=O)O. The van der Waals surface area contributed by atoms with Crippen LogP contribution in [0, 0.1) is 26.7 Å². The van der Waals surface area contributed by atoms with Gasteiger partial charge in [0, 0.05) is 12.5 Å². The second-order valence-corrected chi connectivity index (χ2v) is 5.15. The number of aliphatic carboxylic acids is 1. The van der Waals surface area contributed by atoms with E-state index in [1.165, 1.54) is 22.3 Å². The Morgan fingerprint density at radius 3 is 2.17 bits per heavy atom. The average molecular weight is 249 g/mol. The van der Waals surface area contributed by atoms with Crippen molar-refractivity contribution in [1.29, 1.82) is 0 Å². The van der Waals surface area contributed by atoms with Gasteiger partial charge in [-0.05, 0) is 50.4 Å². The number of carbonyl (C=O) groups is 1. The number of hydrogen-bond acceptors (Lipinski definition) is 2. The monoisotopic (exact) mass is 249 g/mol. The molecule has 1 rings (SSSR count). The predicted octanol–water partition coefficient (Wildman–Crippen LogP) is 2.98. The maximum absolute atomic E-state index is 10.9. The Morgan fingerprint density at radius 2 is 1.78 bits per heavy atom. The van der Waals surface area contributed by atoms with E-state index in [9.17, 15) is 4.79 Å². The van der Waals surface area contributed by atoms with Crippen LogP contribution in [-0.4, -0.2) is 18.1 Å². The largest absolute Gasteiger partial charge is 0.481 e. The van der Waals surface area contributed by atoms with Crippen molar-refractivity contribution < 1.29 is 9.90 Å². The number of benzene rings is 1. The summed E-state index contributed by atoms with van der Waals surface area (Å²) in [7, 11) is 1.89. The van der Waals surface area contributed by atoms with Gasteiger partial charge >= 0.3 is 5.97 Å². The van der Waals surface area contributed by atoms with Crippen molar-refractivity contribution in [2.24, 2.45) is 5.92 Å². The molecule has 2 atom stereocenters. The second kappa shape index (κ2) is 6.01. The molecular weight excluding hydrogens is 226 g/mol. The quantitative estimate of drug-likeness (QED) is 0.843. The summed E-state index contributed by atoms with van der Waals surface area (Å²) in [6, 6.07) is 4.39. The van der Waals surface area contributed by atoms with Gasteiger partial charge in [0.2, 0.25) is 0 Å². The van der Waals surface area contributed by atoms with Crippen LogP contribution in [-0.2, 0) is 4.79 Å². The van der Waals surface area contributed by atoms with Gasteiger partial charge in [0.15, 0.2) is 0 Å². The van der Waals surface area contributed by atoms with Crippen molar-refractivity contribution >= 4 is 5.97 Å². The lowest BCUT2D eigenvalue weighted by Gasteiger charge is -2.26. The minimum Gasteiger partial charge on any atom is -0.481 e. The molecule has 0 aliphatic carbocycles. The van der Waals surface area contributed by atoms with Crippen LogP contribution in [0.4, 0.5) is 0 Å². The van der Waals surface area contributed by atoms with Crippen LogP contribution in [0.25, 0.3) is 0 Å². The number of carboxylic acids is 1. The van der Waals surface area contributed by atoms with E-state index >= 15 is 0 Å². The zero-order valence-corrected chi connectivity index (χ0v) is 11.9. The number of aryl methyl sites for hydroxylation is 3. The van der Waals surface area contributed by atoms with Crippen LogP contribution in [0.15, 0.2) is 12.1 Å². The minimum atomic E-state index is -0.745. The molecule has 2 unspecified atom stereocenters. The molecule has 0 saturated carbocycles. The Labute approximate surface area is 109 Å². The highest BCUT2D eigenvalue weighted by Gasteiger charge is 2.23. The normalized spacial score (nSPS) is 14.3. The molecule has 0 radical (unpaired) electrons. The van der Waals surface area contributed by atoms with Crippen molar-refractivity contribution in [2.75, 3.05) is 7.05 Å². The molecule has 0 amide bonds. The third-order valence-corrected chi connectivity index (χ3v) is 3.43. The number of rotatable bonds is 5. The first-order valence-corrected chi connectivity index (χ1v) is 6.33. The molecule has 0 aliphatic heterocycles. The van der Waals surface area contributed by atoms with Gasteiger partial charge in [-0.2, -0.15) is 0 Å². The molecular formula is C15H23NO2. The van der Waals surface area contributed by atoms with E-state index in [2.05, 4.69) is 38.2 Å². The molecule has 2 N–H and O–H groups in total. The molecule has 0 bridgehead atoms. The maximum Gasteiger partial charge on any atom is 0.303 e. The molecule has 0 saturated heterocycles. The van der Waals surface area contributed by atoms with E-state index in [-0.39, 0.29) is 18.4 Å². The third kappa shape index (κ3) is 3.33. The summed E-state index contributed by atoms with van der Waals surface area (Å²) in [5, 5.41) is 12.2. The molecule has 1 aromatic rings. The van der Waals surface area contributed by atoms with Gasteiger partial charge in [0.05, 0.1) is 0 Å². The lowest BCUT2D eigenvalue weighted by atomic mass is 9.86. The second-order valence-electron chi connectivity index (χ2n) is 5.15. The van der Waals surface area contributed by atoms with E-state index < -0.39 is 5.97 Å². The van der Waals surface area contributed by atoms with E-state index in [0.29, 0.717) is 0 Å². The first-order chi connectivity index (χ1) is 8.36. The summed E-state index contributed by atoms with van der Waals surface area (Å²) in [4.78, 5) is 10.9. The summed E-state index contributed by atoms with van der Waals surface area (Å²) in [5.74, 6) is -0.683. The van der Waals surface area contributed by atoms with Crippen molar-refractivity contribution in [3.63, 3.8) is 0 Å². The van der Waals surface area contributed by atoms with Crippen molar-refractivity contribution in [2.45, 2.75) is 40.2 Å². The molecule has 0 fully saturated rings. The highest BCUT2D eigenvalue weighted by atomic mass is 16.4. The van der Waals surface area contributed by atoms with Crippen LogP contribution in [0.3, 0.4) is 0 Å². The van der Waals surface area contributed by atoms with Crippen molar-refractivity contribution in [3.05, 3.63) is 34.4 Å². The number of nitrogens with one attached hydrogen (secondary N) is 1. The van der Waals surface area contributed by atoms with Gasteiger partial charge in [0.25, 0.3) is 0 Å². The Hall–Kier alpha value is -1.35. The zero-order chi connectivity index (χ0) is 13.9. The van der Waals surface area contributed by atoms with E-state index in [1.807, 2.05) is 14.0 Å². The van der Waals surface area contributed by atoms with E-state index in [1.54, 1.807) is 0 Å². The fourth-order valence-corrected chi connectivity index (χ4v) is 2.79. The van der Waals surface area contributed by atoms with Crippen LogP contribution in [0.5, 0.6) is 0 Å². The first kappa shape index (κ1) is 14.7. The fourth-order valence-electron chi connectivity index (χ4n) is 2.79. The van der Waals surface area contributed by atoms with Gasteiger partial charge in [-0.1, -0.05) is 24.6 Å². The number of hydrogen-bond donors (Lipinski definition) is 2. The maximum atomic E-state index is 10.9. The molecule has 3 nitrogen and oxygen atoms in total. The van der Waals surface area contributed by atoms with Crippen LogP contribution in [0.2, 0.25) is 0 Å². The molecule has 1 aromatic carbocycles. The van der Waals surface area contributed by atoms with E-state index in [0.717, 1.165) is 0 Å². The van der Waals surface area contributed by atoms with Crippen molar-refractivity contribution in [1.82, 2.24) is 5.32 Å². The topological polar surface area (TPSA) is 49.3 Å². The molecule has 0 heterocycles. The highest BCUT2D eigenvalue weighted by Crippen LogP contribution is 2.30. The Balaban J connectivity index is 3.12. The van der Waals surface area contributed by atoms with Gasteiger partial charge in [0.1, 0.15) is 0 Å². The Bertz CT molecular complexity index is 417. The van der Waals surface area contributed by atoms with Crippen LogP contribution >= 0.6 is 0 Å². The van der Waals surface area contributed by atoms with Gasteiger partial charge in [-0.3, -0.25) is 4.79 Å². The summed E-state index contributed by atoms with van der Waals surface area (Å²) < 4.78 is 0. The van der Waals surface area contributed by atoms with Crippen LogP contribution < -0.4 is 5.32 Å². The predicted molar refractivity (Wildman–Crippen MR) is 73.9 cm³/mol. The van der Waals surface area contributed by atoms with Gasteiger partial charge in [-0.15, -0.1) is 0 Å². The van der Waals surface area contributed by atoms with Gasteiger partial charge < -0.3 is 10.4 Å². The Morgan fingerprint density at radius 1 is 1.28 bits per heavy atom. The smallest absolute Gasteiger partial charge is 0.303 e. The standard InChI is InChI=1S/C15H23NO2/c1-9-6-10(2)14(11(3)7-9)15(16-5)12(4)8-13(17)18/h6-7,12,15-16H,8H2,1-5H3,(H,17,18). The molecule has 0 aromatic heterocycles. The lowest BCUT2D eigenvalue weighted by molar-refractivity contribution is -0.138. The summed E-state index contributed by atoms with van der Waals surface area (Å²) in [6.45, 7) is 8.24.